The van der Waals surface area contributed by atoms with Crippen LogP contribution in [0.5, 0.6) is 0 Å². The number of anilines is 1. The van der Waals surface area contributed by atoms with Gasteiger partial charge in [-0.05, 0) is 22.9 Å². The molecule has 0 aliphatic rings. The lowest BCUT2D eigenvalue weighted by atomic mass is 10.3. The van der Waals surface area contributed by atoms with Crippen LogP contribution in [0.15, 0.2) is 10.7 Å². The molecular formula is C6H6BrClN2. The first-order valence-electron chi connectivity index (χ1n) is 2.69. The Morgan fingerprint density at radius 1 is 1.70 bits per heavy atom. The monoisotopic (exact) mass is 220 g/mol. The van der Waals surface area contributed by atoms with Gasteiger partial charge in [0.15, 0.2) is 0 Å². The molecule has 0 radical (unpaired) electrons. The molecule has 0 atom stereocenters. The number of rotatable bonds is 0. The lowest BCUT2D eigenvalue weighted by Crippen LogP contribution is -1.91. The number of hydrogen-bond donors (Lipinski definition) is 1. The molecule has 10 heavy (non-hydrogen) atoms. The summed E-state index contributed by atoms with van der Waals surface area (Å²) in [4.78, 5) is 3.98. The molecule has 0 fully saturated rings. The van der Waals surface area contributed by atoms with E-state index in [1.165, 1.54) is 0 Å². The topological polar surface area (TPSA) is 38.9 Å². The summed E-state index contributed by atoms with van der Waals surface area (Å²) >= 11 is 9.03. The van der Waals surface area contributed by atoms with Gasteiger partial charge in [-0.1, -0.05) is 11.6 Å². The predicted molar refractivity (Wildman–Crippen MR) is 46.1 cm³/mol. The summed E-state index contributed by atoms with van der Waals surface area (Å²) in [6.07, 6.45) is 1.54. The molecule has 4 heteroatoms. The van der Waals surface area contributed by atoms with Crippen molar-refractivity contribution in [1.82, 2.24) is 4.98 Å². The Hall–Kier alpha value is -0.280. The van der Waals surface area contributed by atoms with Gasteiger partial charge in [0.25, 0.3) is 0 Å². The van der Waals surface area contributed by atoms with E-state index in [1.807, 2.05) is 6.92 Å². The standard InChI is InChI=1S/C6H6BrClN2/c1-3-5(7)6(8)4(9)2-10-3/h2H,9H2,1H3. The summed E-state index contributed by atoms with van der Waals surface area (Å²) in [5, 5.41) is 0.535. The van der Waals surface area contributed by atoms with Crippen molar-refractivity contribution >= 4 is 33.2 Å². The minimum atomic E-state index is 0.499. The van der Waals surface area contributed by atoms with Crippen LogP contribution in [0.3, 0.4) is 0 Å². The maximum Gasteiger partial charge on any atom is 0.0811 e. The van der Waals surface area contributed by atoms with E-state index < -0.39 is 0 Å². The van der Waals surface area contributed by atoms with Crippen molar-refractivity contribution in [3.63, 3.8) is 0 Å². The normalized spacial score (nSPS) is 9.90. The number of aryl methyl sites for hydroxylation is 1. The fraction of sp³-hybridized carbons (Fsp3) is 0.167. The molecule has 1 aromatic heterocycles. The molecular weight excluding hydrogens is 215 g/mol. The van der Waals surface area contributed by atoms with E-state index in [2.05, 4.69) is 20.9 Å². The van der Waals surface area contributed by atoms with Gasteiger partial charge in [-0.25, -0.2) is 0 Å². The molecule has 0 spiro atoms. The molecule has 54 valence electrons. The number of nitrogen functional groups attached to an aromatic ring is 1. The molecule has 0 saturated carbocycles. The average molecular weight is 221 g/mol. The Bertz CT molecular complexity index is 235. The van der Waals surface area contributed by atoms with Gasteiger partial charge in [-0.15, -0.1) is 0 Å². The largest absolute Gasteiger partial charge is 0.396 e. The van der Waals surface area contributed by atoms with E-state index in [9.17, 15) is 0 Å². The molecule has 0 aliphatic carbocycles. The Kier molecular flexibility index (Phi) is 2.16. The lowest BCUT2D eigenvalue weighted by molar-refractivity contribution is 1.18. The zero-order valence-electron chi connectivity index (χ0n) is 5.36. The number of halogens is 2. The second-order valence-corrected chi connectivity index (χ2v) is 3.10. The van der Waals surface area contributed by atoms with Crippen molar-refractivity contribution in [2.75, 3.05) is 5.73 Å². The van der Waals surface area contributed by atoms with Crippen molar-refractivity contribution < 1.29 is 0 Å². The van der Waals surface area contributed by atoms with E-state index in [0.717, 1.165) is 10.2 Å². The Morgan fingerprint density at radius 2 is 2.30 bits per heavy atom. The van der Waals surface area contributed by atoms with Crippen molar-refractivity contribution in [3.05, 3.63) is 21.4 Å². The summed E-state index contributed by atoms with van der Waals surface area (Å²) in [5.74, 6) is 0. The summed E-state index contributed by atoms with van der Waals surface area (Å²) < 4.78 is 0.772. The second kappa shape index (κ2) is 2.76. The van der Waals surface area contributed by atoms with Crippen LogP contribution in [0.4, 0.5) is 5.69 Å². The highest BCUT2D eigenvalue weighted by molar-refractivity contribution is 9.10. The van der Waals surface area contributed by atoms with Gasteiger partial charge < -0.3 is 5.73 Å². The third-order valence-electron chi connectivity index (χ3n) is 1.16. The third kappa shape index (κ3) is 1.25. The SMILES string of the molecule is Cc1ncc(N)c(Cl)c1Br. The highest BCUT2D eigenvalue weighted by Gasteiger charge is 2.03. The molecule has 0 aliphatic heterocycles. The van der Waals surface area contributed by atoms with Crippen LogP contribution in [0, 0.1) is 6.92 Å². The van der Waals surface area contributed by atoms with Crippen molar-refractivity contribution in [1.29, 1.82) is 0 Å². The van der Waals surface area contributed by atoms with E-state index in [1.54, 1.807) is 6.20 Å². The van der Waals surface area contributed by atoms with Gasteiger partial charge in [-0.3, -0.25) is 4.98 Å². The fourth-order valence-corrected chi connectivity index (χ4v) is 1.08. The van der Waals surface area contributed by atoms with Crippen LogP contribution in [0.1, 0.15) is 5.69 Å². The maximum absolute atomic E-state index is 5.77. The first-order valence-corrected chi connectivity index (χ1v) is 3.86. The minimum Gasteiger partial charge on any atom is -0.396 e. The van der Waals surface area contributed by atoms with Gasteiger partial charge >= 0.3 is 0 Å². The number of aromatic nitrogens is 1. The van der Waals surface area contributed by atoms with Crippen molar-refractivity contribution in [2.24, 2.45) is 0 Å². The molecule has 0 aromatic carbocycles. The van der Waals surface area contributed by atoms with E-state index in [4.69, 9.17) is 17.3 Å². The summed E-state index contributed by atoms with van der Waals surface area (Å²) in [6, 6.07) is 0. The number of pyridine rings is 1. The summed E-state index contributed by atoms with van der Waals surface area (Å²) in [6.45, 7) is 1.86. The van der Waals surface area contributed by atoms with E-state index in [0.29, 0.717) is 10.7 Å². The second-order valence-electron chi connectivity index (χ2n) is 1.93. The van der Waals surface area contributed by atoms with E-state index in [-0.39, 0.29) is 0 Å². The molecule has 0 bridgehead atoms. The predicted octanol–water partition coefficient (Wildman–Crippen LogP) is 2.39. The molecule has 1 rings (SSSR count). The van der Waals surface area contributed by atoms with Gasteiger partial charge in [-0.2, -0.15) is 0 Å². The van der Waals surface area contributed by atoms with Gasteiger partial charge in [0, 0.05) is 0 Å². The zero-order chi connectivity index (χ0) is 7.72. The average Bonchev–Trinajstić information content (AvgIpc) is 1.93. The van der Waals surface area contributed by atoms with E-state index >= 15 is 0 Å². The van der Waals surface area contributed by atoms with Crippen molar-refractivity contribution in [2.45, 2.75) is 6.92 Å². The quantitative estimate of drug-likeness (QED) is 0.731. The minimum absolute atomic E-state index is 0.499. The highest BCUT2D eigenvalue weighted by Crippen LogP contribution is 2.28. The van der Waals surface area contributed by atoms with Crippen LogP contribution in [0.25, 0.3) is 0 Å². The zero-order valence-corrected chi connectivity index (χ0v) is 7.70. The maximum atomic E-state index is 5.77. The van der Waals surface area contributed by atoms with Crippen LogP contribution in [-0.4, -0.2) is 4.98 Å². The third-order valence-corrected chi connectivity index (χ3v) is 2.77. The lowest BCUT2D eigenvalue weighted by Gasteiger charge is -2.01. The summed E-state index contributed by atoms with van der Waals surface area (Å²) in [7, 11) is 0. The van der Waals surface area contributed by atoms with Crippen molar-refractivity contribution in [3.8, 4) is 0 Å². The molecule has 1 aromatic rings. The molecule has 0 unspecified atom stereocenters. The molecule has 1 heterocycles. The molecule has 0 amide bonds. The molecule has 0 saturated heterocycles. The molecule has 2 N–H and O–H groups in total. The van der Waals surface area contributed by atoms with Crippen LogP contribution < -0.4 is 5.73 Å². The van der Waals surface area contributed by atoms with Gasteiger partial charge in [0.1, 0.15) is 0 Å². The first kappa shape index (κ1) is 7.82. The summed E-state index contributed by atoms with van der Waals surface area (Å²) in [5.41, 5.74) is 6.81. The van der Waals surface area contributed by atoms with Crippen LogP contribution in [0.2, 0.25) is 5.02 Å². The number of hydrogen-bond acceptors (Lipinski definition) is 2. The Labute approximate surface area is 72.5 Å². The van der Waals surface area contributed by atoms with Gasteiger partial charge in [0.05, 0.1) is 27.1 Å². The smallest absolute Gasteiger partial charge is 0.0811 e. The Morgan fingerprint density at radius 3 is 2.80 bits per heavy atom. The van der Waals surface area contributed by atoms with Crippen LogP contribution >= 0.6 is 27.5 Å². The number of nitrogens with zero attached hydrogens (tertiary/aromatic N) is 1. The first-order chi connectivity index (χ1) is 4.63. The Balaban J connectivity index is 3.34. The highest BCUT2D eigenvalue weighted by atomic mass is 79.9. The molecule has 2 nitrogen and oxygen atoms in total. The van der Waals surface area contributed by atoms with Crippen LogP contribution in [-0.2, 0) is 0 Å². The number of nitrogens with two attached hydrogens (primary N) is 1. The fourth-order valence-electron chi connectivity index (χ4n) is 0.565. The van der Waals surface area contributed by atoms with Gasteiger partial charge in [0.2, 0.25) is 0 Å².